The number of benzene rings is 2. The van der Waals surface area contributed by atoms with Crippen molar-refractivity contribution in [3.05, 3.63) is 89.9 Å². The molecule has 3 rings (SSSR count). The van der Waals surface area contributed by atoms with Gasteiger partial charge in [0.25, 0.3) is 0 Å². The van der Waals surface area contributed by atoms with Crippen LogP contribution in [0.5, 0.6) is 0 Å². The lowest BCUT2D eigenvalue weighted by atomic mass is 10.2. The first-order chi connectivity index (χ1) is 16.0. The van der Waals surface area contributed by atoms with Gasteiger partial charge in [0.15, 0.2) is 0 Å². The lowest BCUT2D eigenvalue weighted by Crippen LogP contribution is -2.45. The number of hydrogen-bond donors (Lipinski definition) is 1. The second-order valence-electron chi connectivity index (χ2n) is 7.28. The van der Waals surface area contributed by atoms with Gasteiger partial charge in [-0.05, 0) is 29.8 Å². The van der Waals surface area contributed by atoms with Gasteiger partial charge in [0.2, 0.25) is 5.91 Å². The third-order valence-electron chi connectivity index (χ3n) is 4.85. The second kappa shape index (κ2) is 11.8. The summed E-state index contributed by atoms with van der Waals surface area (Å²) in [6.07, 6.45) is 1.52. The number of amides is 3. The Hall–Kier alpha value is -3.72. The molecule has 3 amide bonds. The summed E-state index contributed by atoms with van der Waals surface area (Å²) in [6.45, 7) is 0.519. The number of hydrogen-bond acceptors (Lipinski definition) is 4. The van der Waals surface area contributed by atoms with Crippen molar-refractivity contribution < 1.29 is 27.5 Å². The largest absolute Gasteiger partial charge is 0.467 e. The number of halogens is 2. The van der Waals surface area contributed by atoms with Crippen molar-refractivity contribution in [3.8, 4) is 0 Å². The summed E-state index contributed by atoms with van der Waals surface area (Å²) in [4.78, 5) is 28.8. The lowest BCUT2D eigenvalue weighted by molar-refractivity contribution is -0.133. The minimum Gasteiger partial charge on any atom is -0.467 e. The Balaban J connectivity index is 1.74. The predicted molar refractivity (Wildman–Crippen MR) is 118 cm³/mol. The monoisotopic (exact) mass is 457 g/mol. The zero-order valence-electron chi connectivity index (χ0n) is 18.2. The summed E-state index contributed by atoms with van der Waals surface area (Å²) in [7, 11) is 1.47. The highest BCUT2D eigenvalue weighted by Crippen LogP contribution is 2.16. The first-order valence-corrected chi connectivity index (χ1v) is 10.3. The molecule has 0 aliphatic rings. The number of ether oxygens (including phenoxy) is 1. The molecule has 0 radical (unpaired) electrons. The van der Waals surface area contributed by atoms with Crippen molar-refractivity contribution in [2.75, 3.05) is 32.1 Å². The molecular weight excluding hydrogens is 432 g/mol. The van der Waals surface area contributed by atoms with Crippen LogP contribution in [0.15, 0.2) is 71.3 Å². The number of urea groups is 1. The van der Waals surface area contributed by atoms with Crippen LogP contribution in [-0.4, -0.2) is 48.5 Å². The molecule has 0 saturated carbocycles. The number of anilines is 1. The van der Waals surface area contributed by atoms with E-state index in [-0.39, 0.29) is 37.8 Å². The van der Waals surface area contributed by atoms with E-state index in [9.17, 15) is 18.4 Å². The normalized spacial score (nSPS) is 10.6. The fraction of sp³-hybridized carbons (Fsp3) is 0.250. The zero-order valence-corrected chi connectivity index (χ0v) is 18.2. The molecule has 1 N–H and O–H groups in total. The Morgan fingerprint density at radius 2 is 1.79 bits per heavy atom. The van der Waals surface area contributed by atoms with Gasteiger partial charge in [-0.3, -0.25) is 4.79 Å². The number of carbonyl (C=O) groups is 2. The smallest absolute Gasteiger partial charge is 0.322 e. The molecule has 0 unspecified atom stereocenters. The third kappa shape index (κ3) is 7.15. The SMILES string of the molecule is COCCN(CC(=O)N(Cc1ccccc1)Cc1ccco1)C(=O)Nc1ccc(F)cc1F. The van der Waals surface area contributed by atoms with Gasteiger partial charge in [-0.2, -0.15) is 0 Å². The second-order valence-corrected chi connectivity index (χ2v) is 7.28. The number of furan rings is 1. The molecule has 3 aromatic rings. The van der Waals surface area contributed by atoms with Gasteiger partial charge in [0.05, 0.1) is 25.1 Å². The van der Waals surface area contributed by atoms with E-state index in [0.717, 1.165) is 17.7 Å². The summed E-state index contributed by atoms with van der Waals surface area (Å²) >= 11 is 0. The Morgan fingerprint density at radius 3 is 2.45 bits per heavy atom. The Kier molecular flexibility index (Phi) is 8.54. The van der Waals surface area contributed by atoms with E-state index in [0.29, 0.717) is 18.4 Å². The van der Waals surface area contributed by atoms with Gasteiger partial charge in [0, 0.05) is 26.3 Å². The molecule has 0 aliphatic heterocycles. The molecule has 1 aromatic heterocycles. The van der Waals surface area contributed by atoms with Crippen molar-refractivity contribution in [2.24, 2.45) is 0 Å². The van der Waals surface area contributed by atoms with Crippen molar-refractivity contribution in [1.82, 2.24) is 9.80 Å². The highest BCUT2D eigenvalue weighted by atomic mass is 19.1. The van der Waals surface area contributed by atoms with Crippen LogP contribution >= 0.6 is 0 Å². The maximum absolute atomic E-state index is 14.0. The molecule has 0 fully saturated rings. The molecule has 2 aromatic carbocycles. The molecule has 174 valence electrons. The van der Waals surface area contributed by atoms with Crippen LogP contribution < -0.4 is 5.32 Å². The standard InChI is InChI=1S/C24H25F2N3O4/c1-32-13-11-28(24(31)27-22-10-9-19(25)14-21(22)26)17-23(30)29(16-20-8-5-12-33-20)15-18-6-3-2-4-7-18/h2-10,12,14H,11,13,15-17H2,1H3,(H,27,31). The summed E-state index contributed by atoms with van der Waals surface area (Å²) in [5.74, 6) is -1.40. The average molecular weight is 457 g/mol. The van der Waals surface area contributed by atoms with Crippen LogP contribution in [0.3, 0.4) is 0 Å². The fourth-order valence-electron chi connectivity index (χ4n) is 3.13. The van der Waals surface area contributed by atoms with Crippen LogP contribution in [0.4, 0.5) is 19.3 Å². The molecule has 9 heteroatoms. The van der Waals surface area contributed by atoms with Gasteiger partial charge in [0.1, 0.15) is 23.9 Å². The molecular formula is C24H25F2N3O4. The van der Waals surface area contributed by atoms with E-state index in [1.165, 1.54) is 18.3 Å². The lowest BCUT2D eigenvalue weighted by Gasteiger charge is -2.27. The highest BCUT2D eigenvalue weighted by Gasteiger charge is 2.23. The van der Waals surface area contributed by atoms with E-state index >= 15 is 0 Å². The van der Waals surface area contributed by atoms with E-state index in [2.05, 4.69) is 5.32 Å². The van der Waals surface area contributed by atoms with Crippen molar-refractivity contribution >= 4 is 17.6 Å². The minimum absolute atomic E-state index is 0.0941. The van der Waals surface area contributed by atoms with Crippen LogP contribution in [0.2, 0.25) is 0 Å². The number of methoxy groups -OCH3 is 1. The molecule has 33 heavy (non-hydrogen) atoms. The van der Waals surface area contributed by atoms with E-state index in [1.807, 2.05) is 30.3 Å². The van der Waals surface area contributed by atoms with Gasteiger partial charge >= 0.3 is 6.03 Å². The zero-order chi connectivity index (χ0) is 23.6. The molecule has 7 nitrogen and oxygen atoms in total. The average Bonchev–Trinajstić information content (AvgIpc) is 3.31. The van der Waals surface area contributed by atoms with Gasteiger partial charge in [-0.25, -0.2) is 13.6 Å². The van der Waals surface area contributed by atoms with Crippen molar-refractivity contribution in [3.63, 3.8) is 0 Å². The highest BCUT2D eigenvalue weighted by molar-refractivity contribution is 5.92. The van der Waals surface area contributed by atoms with Crippen molar-refractivity contribution in [1.29, 1.82) is 0 Å². The van der Waals surface area contributed by atoms with Crippen molar-refractivity contribution in [2.45, 2.75) is 13.1 Å². The van der Waals surface area contributed by atoms with Crippen LogP contribution in [-0.2, 0) is 22.6 Å². The molecule has 0 spiro atoms. The summed E-state index contributed by atoms with van der Waals surface area (Å²) < 4.78 is 37.6. The predicted octanol–water partition coefficient (Wildman–Crippen LogP) is 4.27. The van der Waals surface area contributed by atoms with Crippen LogP contribution in [0.1, 0.15) is 11.3 Å². The maximum atomic E-state index is 14.0. The topological polar surface area (TPSA) is 75.0 Å². The quantitative estimate of drug-likeness (QED) is 0.494. The molecule has 0 bridgehead atoms. The molecule has 0 atom stereocenters. The number of rotatable bonds is 10. The first kappa shape index (κ1) is 23.9. The molecule has 1 heterocycles. The van der Waals surface area contributed by atoms with Crippen LogP contribution in [0, 0.1) is 11.6 Å². The third-order valence-corrected chi connectivity index (χ3v) is 4.85. The summed E-state index contributed by atoms with van der Waals surface area (Å²) in [5.41, 5.74) is 0.728. The fourth-order valence-corrected chi connectivity index (χ4v) is 3.13. The van der Waals surface area contributed by atoms with Crippen LogP contribution in [0.25, 0.3) is 0 Å². The first-order valence-electron chi connectivity index (χ1n) is 10.3. The number of carbonyl (C=O) groups excluding carboxylic acids is 2. The van der Waals surface area contributed by atoms with Gasteiger partial charge in [-0.15, -0.1) is 0 Å². The van der Waals surface area contributed by atoms with E-state index in [1.54, 1.807) is 17.0 Å². The van der Waals surface area contributed by atoms with Gasteiger partial charge in [-0.1, -0.05) is 30.3 Å². The van der Waals surface area contributed by atoms with E-state index in [4.69, 9.17) is 9.15 Å². The summed E-state index contributed by atoms with van der Waals surface area (Å²) in [5, 5.41) is 2.39. The number of nitrogens with zero attached hydrogens (tertiary/aromatic N) is 2. The molecule has 0 aliphatic carbocycles. The minimum atomic E-state index is -0.912. The Morgan fingerprint density at radius 1 is 1.00 bits per heavy atom. The number of nitrogens with one attached hydrogen (secondary N) is 1. The molecule has 0 saturated heterocycles. The Bertz CT molecular complexity index is 1050. The maximum Gasteiger partial charge on any atom is 0.322 e. The summed E-state index contributed by atoms with van der Waals surface area (Å²) in [6, 6.07) is 15.0. The van der Waals surface area contributed by atoms with Gasteiger partial charge < -0.3 is 24.3 Å². The van der Waals surface area contributed by atoms with E-state index < -0.39 is 17.7 Å². The Labute approximate surface area is 190 Å².